The minimum absolute atomic E-state index is 0.0163. The van der Waals surface area contributed by atoms with E-state index in [0.29, 0.717) is 6.42 Å². The maximum atomic E-state index is 12.5. The zero-order valence-corrected chi connectivity index (χ0v) is 14.0. The van der Waals surface area contributed by atoms with E-state index in [-0.39, 0.29) is 24.1 Å². The second-order valence-corrected chi connectivity index (χ2v) is 8.62. The fourth-order valence-corrected chi connectivity index (χ4v) is 4.30. The molecule has 2 N–H and O–H groups in total. The van der Waals surface area contributed by atoms with E-state index in [1.165, 1.54) is 10.7 Å². The maximum absolute atomic E-state index is 12.5. The summed E-state index contributed by atoms with van der Waals surface area (Å²) in [6.07, 6.45) is 5.72. The van der Waals surface area contributed by atoms with Crippen LogP contribution in [0.4, 0.5) is 0 Å². The zero-order chi connectivity index (χ0) is 15.4. The standard InChI is InChI=1S/C14H30N2O3S/c1-14(2,3)13(10-11-17)15-20(18,19)16(4)12-8-6-5-7-9-12/h12-13,15,17H,5-11H2,1-4H3. The molecule has 0 aromatic rings. The van der Waals surface area contributed by atoms with E-state index < -0.39 is 10.2 Å². The van der Waals surface area contributed by atoms with E-state index in [2.05, 4.69) is 4.72 Å². The molecule has 20 heavy (non-hydrogen) atoms. The highest BCUT2D eigenvalue weighted by Gasteiger charge is 2.33. The Hall–Kier alpha value is -0.170. The lowest BCUT2D eigenvalue weighted by Crippen LogP contribution is -2.52. The van der Waals surface area contributed by atoms with E-state index in [4.69, 9.17) is 5.11 Å². The molecule has 1 unspecified atom stereocenters. The van der Waals surface area contributed by atoms with Crippen LogP contribution in [0.25, 0.3) is 0 Å². The Labute approximate surface area is 123 Å². The Bertz CT molecular complexity index is 384. The van der Waals surface area contributed by atoms with Gasteiger partial charge in [0.2, 0.25) is 0 Å². The lowest BCUT2D eigenvalue weighted by atomic mass is 9.86. The summed E-state index contributed by atoms with van der Waals surface area (Å²) in [4.78, 5) is 0. The Balaban J connectivity index is 2.75. The predicted octanol–water partition coefficient (Wildman–Crippen LogP) is 1.88. The SMILES string of the molecule is CN(C1CCCCC1)S(=O)(=O)NC(CCO)C(C)(C)C. The molecule has 0 saturated heterocycles. The van der Waals surface area contributed by atoms with Gasteiger partial charge in [0.15, 0.2) is 0 Å². The second-order valence-electron chi connectivity index (χ2n) is 6.86. The van der Waals surface area contributed by atoms with E-state index in [0.717, 1.165) is 25.7 Å². The van der Waals surface area contributed by atoms with Gasteiger partial charge in [0, 0.05) is 25.7 Å². The molecule has 5 nitrogen and oxygen atoms in total. The molecule has 0 aromatic heterocycles. The molecule has 0 heterocycles. The van der Waals surface area contributed by atoms with Crippen molar-refractivity contribution in [2.75, 3.05) is 13.7 Å². The Kier molecular flexibility index (Phi) is 6.44. The van der Waals surface area contributed by atoms with Crippen molar-refractivity contribution in [1.82, 2.24) is 9.03 Å². The molecule has 0 aromatic carbocycles. The van der Waals surface area contributed by atoms with Crippen LogP contribution in [0.3, 0.4) is 0 Å². The van der Waals surface area contributed by atoms with Crippen LogP contribution in [0.5, 0.6) is 0 Å². The van der Waals surface area contributed by atoms with Crippen molar-refractivity contribution >= 4 is 10.2 Å². The summed E-state index contributed by atoms with van der Waals surface area (Å²) in [7, 11) is -1.83. The van der Waals surface area contributed by atoms with Crippen molar-refractivity contribution in [2.24, 2.45) is 5.41 Å². The van der Waals surface area contributed by atoms with Crippen LogP contribution in [-0.2, 0) is 10.2 Å². The molecular weight excluding hydrogens is 276 g/mol. The summed E-state index contributed by atoms with van der Waals surface area (Å²) in [5.74, 6) is 0. The normalized spacial score (nSPS) is 20.3. The summed E-state index contributed by atoms with van der Waals surface area (Å²) < 4.78 is 29.2. The van der Waals surface area contributed by atoms with Crippen molar-refractivity contribution in [1.29, 1.82) is 0 Å². The lowest BCUT2D eigenvalue weighted by Gasteiger charge is -2.35. The smallest absolute Gasteiger partial charge is 0.279 e. The van der Waals surface area contributed by atoms with Gasteiger partial charge in [-0.1, -0.05) is 40.0 Å². The van der Waals surface area contributed by atoms with E-state index in [9.17, 15) is 8.42 Å². The molecule has 0 amide bonds. The van der Waals surface area contributed by atoms with Gasteiger partial charge in [0.05, 0.1) is 0 Å². The van der Waals surface area contributed by atoms with Gasteiger partial charge >= 0.3 is 0 Å². The molecule has 6 heteroatoms. The summed E-state index contributed by atoms with van der Waals surface area (Å²) in [6, 6.07) is -0.153. The number of rotatable bonds is 6. The van der Waals surface area contributed by atoms with Crippen LogP contribution in [0.15, 0.2) is 0 Å². The van der Waals surface area contributed by atoms with Crippen molar-refractivity contribution in [3.05, 3.63) is 0 Å². The molecule has 0 spiro atoms. The van der Waals surface area contributed by atoms with Gasteiger partial charge in [0.1, 0.15) is 0 Å². The molecule has 0 radical (unpaired) electrons. The third-order valence-electron chi connectivity index (χ3n) is 4.22. The summed E-state index contributed by atoms with van der Waals surface area (Å²) >= 11 is 0. The van der Waals surface area contributed by atoms with Crippen LogP contribution in [-0.4, -0.2) is 43.6 Å². The number of nitrogens with one attached hydrogen (secondary N) is 1. The molecule has 1 aliphatic rings. The molecule has 1 rings (SSSR count). The molecule has 1 fully saturated rings. The second kappa shape index (κ2) is 7.20. The van der Waals surface area contributed by atoms with E-state index in [1.54, 1.807) is 7.05 Å². The van der Waals surface area contributed by atoms with Gasteiger partial charge in [-0.15, -0.1) is 0 Å². The first kappa shape index (κ1) is 17.9. The van der Waals surface area contributed by atoms with Crippen LogP contribution >= 0.6 is 0 Å². The van der Waals surface area contributed by atoms with Gasteiger partial charge in [0.25, 0.3) is 10.2 Å². The highest BCUT2D eigenvalue weighted by Crippen LogP contribution is 2.26. The number of aliphatic hydroxyl groups is 1. The van der Waals surface area contributed by atoms with Crippen molar-refractivity contribution in [2.45, 2.75) is 71.4 Å². The van der Waals surface area contributed by atoms with Crippen LogP contribution < -0.4 is 4.72 Å². The number of hydrogen-bond donors (Lipinski definition) is 2. The fraction of sp³-hybridized carbons (Fsp3) is 1.00. The predicted molar refractivity (Wildman–Crippen MR) is 81.6 cm³/mol. The molecular formula is C14H30N2O3S. The van der Waals surface area contributed by atoms with Crippen LogP contribution in [0, 0.1) is 5.41 Å². The summed E-state index contributed by atoms with van der Waals surface area (Å²) in [6.45, 7) is 5.93. The van der Waals surface area contributed by atoms with Gasteiger partial charge in [-0.2, -0.15) is 17.4 Å². The zero-order valence-electron chi connectivity index (χ0n) is 13.2. The quantitative estimate of drug-likeness (QED) is 0.787. The van der Waals surface area contributed by atoms with Crippen molar-refractivity contribution in [3.8, 4) is 0 Å². The first-order valence-electron chi connectivity index (χ1n) is 7.54. The number of nitrogens with zero attached hydrogens (tertiary/aromatic N) is 1. The topological polar surface area (TPSA) is 69.6 Å². The summed E-state index contributed by atoms with van der Waals surface area (Å²) in [5.41, 5.74) is -0.219. The number of hydrogen-bond acceptors (Lipinski definition) is 3. The minimum Gasteiger partial charge on any atom is -0.396 e. The molecule has 1 aliphatic carbocycles. The first-order valence-corrected chi connectivity index (χ1v) is 8.98. The molecule has 120 valence electrons. The molecule has 0 aliphatic heterocycles. The molecule has 1 saturated carbocycles. The number of aliphatic hydroxyl groups excluding tert-OH is 1. The van der Waals surface area contributed by atoms with Gasteiger partial charge in [-0.05, 0) is 24.7 Å². The van der Waals surface area contributed by atoms with Crippen LogP contribution in [0.1, 0.15) is 59.3 Å². The van der Waals surface area contributed by atoms with Crippen molar-refractivity contribution in [3.63, 3.8) is 0 Å². The van der Waals surface area contributed by atoms with E-state index >= 15 is 0 Å². The average Bonchev–Trinajstić information content (AvgIpc) is 2.37. The Morgan fingerprint density at radius 2 is 1.80 bits per heavy atom. The maximum Gasteiger partial charge on any atom is 0.279 e. The van der Waals surface area contributed by atoms with Crippen LogP contribution in [0.2, 0.25) is 0 Å². The Morgan fingerprint density at radius 3 is 2.25 bits per heavy atom. The lowest BCUT2D eigenvalue weighted by molar-refractivity contribution is 0.209. The van der Waals surface area contributed by atoms with Crippen molar-refractivity contribution < 1.29 is 13.5 Å². The average molecular weight is 306 g/mol. The monoisotopic (exact) mass is 306 g/mol. The van der Waals surface area contributed by atoms with Gasteiger partial charge in [-0.25, -0.2) is 0 Å². The minimum atomic E-state index is -3.49. The highest BCUT2D eigenvalue weighted by atomic mass is 32.2. The third kappa shape index (κ3) is 4.98. The van der Waals surface area contributed by atoms with E-state index in [1.807, 2.05) is 20.8 Å². The first-order chi connectivity index (χ1) is 9.18. The highest BCUT2D eigenvalue weighted by molar-refractivity contribution is 7.87. The summed E-state index contributed by atoms with van der Waals surface area (Å²) in [5, 5.41) is 9.14. The van der Waals surface area contributed by atoms with Gasteiger partial charge < -0.3 is 5.11 Å². The van der Waals surface area contributed by atoms with Gasteiger partial charge in [-0.3, -0.25) is 0 Å². The molecule has 0 bridgehead atoms. The Morgan fingerprint density at radius 1 is 1.25 bits per heavy atom. The third-order valence-corrected chi connectivity index (χ3v) is 5.86. The largest absolute Gasteiger partial charge is 0.396 e. The fourth-order valence-electron chi connectivity index (χ4n) is 2.70. The molecule has 1 atom stereocenters.